The van der Waals surface area contributed by atoms with Crippen LogP contribution in [0.4, 0.5) is 0 Å². The average Bonchev–Trinajstić information content (AvgIpc) is 1.98. The van der Waals surface area contributed by atoms with E-state index in [0.29, 0.717) is 0 Å². The molecule has 0 heterocycles. The molecular formula is C10H27Y-. The van der Waals surface area contributed by atoms with Crippen molar-refractivity contribution >= 4 is 0 Å². The molecule has 0 aliphatic rings. The van der Waals surface area contributed by atoms with Crippen molar-refractivity contribution in [3.8, 4) is 0 Å². The summed E-state index contributed by atoms with van der Waals surface area (Å²) in [5, 5.41) is 0. The average molecular weight is 236 g/mol. The molecule has 71 valence electrons. The molecule has 11 heavy (non-hydrogen) atoms. The van der Waals surface area contributed by atoms with Crippen molar-refractivity contribution in [1.82, 2.24) is 0 Å². The van der Waals surface area contributed by atoms with Crippen molar-refractivity contribution in [2.75, 3.05) is 0 Å². The van der Waals surface area contributed by atoms with E-state index in [2.05, 4.69) is 13.8 Å². The molecule has 0 saturated carbocycles. The number of hydrogen-bond donors (Lipinski definition) is 0. The summed E-state index contributed by atoms with van der Waals surface area (Å²) in [4.78, 5) is 0. The number of rotatable bonds is 2. The van der Waals surface area contributed by atoms with Gasteiger partial charge in [0.1, 0.15) is 0 Å². The summed E-state index contributed by atoms with van der Waals surface area (Å²) >= 11 is 0. The molecule has 1 heteroatoms. The van der Waals surface area contributed by atoms with Crippen molar-refractivity contribution in [3.05, 3.63) is 7.43 Å². The third-order valence-electron chi connectivity index (χ3n) is 0.707. The smallest absolute Gasteiger partial charge is 0 e. The fraction of sp³-hybridized carbons (Fsp3) is 0.900. The molecule has 0 aromatic rings. The molecule has 0 aliphatic heterocycles. The second kappa shape index (κ2) is 67.3. The van der Waals surface area contributed by atoms with Gasteiger partial charge in [0.2, 0.25) is 0 Å². The SMILES string of the molecule is CC.CC.CCCCC.[CH3-].[Y]. The van der Waals surface area contributed by atoms with Gasteiger partial charge in [0.15, 0.2) is 0 Å². The first-order valence-corrected chi connectivity index (χ1v) is 4.41. The van der Waals surface area contributed by atoms with Gasteiger partial charge in [-0.1, -0.05) is 60.8 Å². The predicted molar refractivity (Wildman–Crippen MR) is 54.3 cm³/mol. The Morgan fingerprint density at radius 2 is 0.909 bits per heavy atom. The van der Waals surface area contributed by atoms with Gasteiger partial charge in [0, 0.05) is 32.7 Å². The number of hydrogen-bond acceptors (Lipinski definition) is 0. The molecule has 0 N–H and O–H groups in total. The van der Waals surface area contributed by atoms with Crippen LogP contribution in [0.5, 0.6) is 0 Å². The Kier molecular flexibility index (Phi) is 181. The van der Waals surface area contributed by atoms with Crippen LogP contribution >= 0.6 is 0 Å². The van der Waals surface area contributed by atoms with Gasteiger partial charge >= 0.3 is 0 Å². The third-order valence-corrected chi connectivity index (χ3v) is 0.707. The van der Waals surface area contributed by atoms with Crippen LogP contribution in [0.1, 0.15) is 60.8 Å². The van der Waals surface area contributed by atoms with Crippen LogP contribution in [0.2, 0.25) is 0 Å². The molecule has 0 aromatic carbocycles. The Hall–Kier alpha value is 1.10. The first kappa shape index (κ1) is 29.6. The normalized spacial score (nSPS) is 4.91. The quantitative estimate of drug-likeness (QED) is 0.610. The van der Waals surface area contributed by atoms with Crippen molar-refractivity contribution in [2.45, 2.75) is 60.8 Å². The Bertz CT molecular complexity index is 12.3. The zero-order valence-corrected chi connectivity index (χ0v) is 12.5. The molecule has 0 atom stereocenters. The van der Waals surface area contributed by atoms with Crippen LogP contribution in [0.3, 0.4) is 0 Å². The van der Waals surface area contributed by atoms with Crippen LogP contribution in [-0.2, 0) is 32.7 Å². The largest absolute Gasteiger partial charge is 0.358 e. The maximum absolute atomic E-state index is 2.21. The van der Waals surface area contributed by atoms with Gasteiger partial charge in [0.25, 0.3) is 0 Å². The first-order chi connectivity index (χ1) is 4.41. The molecule has 0 aliphatic carbocycles. The Morgan fingerprint density at radius 3 is 0.909 bits per heavy atom. The van der Waals surface area contributed by atoms with E-state index in [1.807, 2.05) is 27.7 Å². The molecule has 0 fully saturated rings. The summed E-state index contributed by atoms with van der Waals surface area (Å²) in [6.07, 6.45) is 4.08. The van der Waals surface area contributed by atoms with E-state index < -0.39 is 0 Å². The zero-order chi connectivity index (χ0) is 8.12. The Balaban J connectivity index is -0.0000000178. The van der Waals surface area contributed by atoms with E-state index >= 15 is 0 Å². The maximum atomic E-state index is 2.21. The fourth-order valence-corrected chi connectivity index (χ4v) is 0.354. The van der Waals surface area contributed by atoms with Crippen molar-refractivity contribution in [1.29, 1.82) is 0 Å². The van der Waals surface area contributed by atoms with Crippen LogP contribution in [0.25, 0.3) is 0 Å². The summed E-state index contributed by atoms with van der Waals surface area (Å²) in [5.74, 6) is 0. The van der Waals surface area contributed by atoms with E-state index in [1.54, 1.807) is 0 Å². The van der Waals surface area contributed by atoms with Gasteiger partial charge in [-0.2, -0.15) is 0 Å². The summed E-state index contributed by atoms with van der Waals surface area (Å²) in [6.45, 7) is 12.4. The molecular weight excluding hydrogens is 209 g/mol. The van der Waals surface area contributed by atoms with E-state index in [4.69, 9.17) is 0 Å². The van der Waals surface area contributed by atoms with Gasteiger partial charge in [-0.25, -0.2) is 0 Å². The molecule has 0 spiro atoms. The van der Waals surface area contributed by atoms with Crippen LogP contribution in [-0.4, -0.2) is 0 Å². The fourth-order valence-electron chi connectivity index (χ4n) is 0.354. The topological polar surface area (TPSA) is 0 Å². The zero-order valence-electron chi connectivity index (χ0n) is 9.70. The van der Waals surface area contributed by atoms with E-state index in [9.17, 15) is 0 Å². The second-order valence-electron chi connectivity index (χ2n) is 1.35. The van der Waals surface area contributed by atoms with Crippen LogP contribution in [0.15, 0.2) is 0 Å². The van der Waals surface area contributed by atoms with E-state index in [1.165, 1.54) is 19.3 Å². The monoisotopic (exact) mass is 236 g/mol. The van der Waals surface area contributed by atoms with E-state index in [-0.39, 0.29) is 40.1 Å². The number of unbranched alkanes of at least 4 members (excludes halogenated alkanes) is 2. The minimum absolute atomic E-state index is 0. The minimum atomic E-state index is 0. The molecule has 0 saturated heterocycles. The van der Waals surface area contributed by atoms with Crippen molar-refractivity contribution in [2.24, 2.45) is 0 Å². The minimum Gasteiger partial charge on any atom is -0.358 e. The standard InChI is InChI=1S/C5H12.2C2H6.CH3.Y/c1-3-5-4-2;2*1-2;;/h3-5H2,1-2H3;2*1-2H3;1H3;/q;;;-1;. The summed E-state index contributed by atoms with van der Waals surface area (Å²) < 4.78 is 0. The van der Waals surface area contributed by atoms with Crippen molar-refractivity contribution < 1.29 is 32.7 Å². The predicted octanol–water partition coefficient (Wildman–Crippen LogP) is 4.70. The van der Waals surface area contributed by atoms with Gasteiger partial charge < -0.3 is 7.43 Å². The van der Waals surface area contributed by atoms with Gasteiger partial charge in [0.05, 0.1) is 0 Å². The molecule has 0 amide bonds. The summed E-state index contributed by atoms with van der Waals surface area (Å²) in [6, 6.07) is 0. The maximum Gasteiger partial charge on any atom is 0 e. The van der Waals surface area contributed by atoms with Gasteiger partial charge in [-0.15, -0.1) is 0 Å². The van der Waals surface area contributed by atoms with Gasteiger partial charge in [-0.3, -0.25) is 0 Å². The second-order valence-corrected chi connectivity index (χ2v) is 1.35. The molecule has 1 radical (unpaired) electrons. The van der Waals surface area contributed by atoms with Crippen LogP contribution < -0.4 is 0 Å². The molecule has 0 bridgehead atoms. The molecule has 0 rings (SSSR count). The summed E-state index contributed by atoms with van der Waals surface area (Å²) in [7, 11) is 0. The first-order valence-electron chi connectivity index (χ1n) is 4.41. The third kappa shape index (κ3) is 95.5. The van der Waals surface area contributed by atoms with Crippen molar-refractivity contribution in [3.63, 3.8) is 0 Å². The molecule has 0 aromatic heterocycles. The molecule has 0 unspecified atom stereocenters. The van der Waals surface area contributed by atoms with Crippen LogP contribution in [0, 0.1) is 7.43 Å². The Labute approximate surface area is 100 Å². The van der Waals surface area contributed by atoms with Gasteiger partial charge in [-0.05, 0) is 0 Å². The Morgan fingerprint density at radius 1 is 0.727 bits per heavy atom. The van der Waals surface area contributed by atoms with E-state index in [0.717, 1.165) is 0 Å². The summed E-state index contributed by atoms with van der Waals surface area (Å²) in [5.41, 5.74) is 0. The molecule has 0 nitrogen and oxygen atoms in total.